The van der Waals surface area contributed by atoms with E-state index in [-0.39, 0.29) is 16.7 Å². The molecular weight excluding hydrogens is 424 g/mol. The molecule has 0 spiro atoms. The fraction of sp³-hybridized carbons (Fsp3) is 0.722. The maximum absolute atomic E-state index is 12.8. The van der Waals surface area contributed by atoms with Crippen LogP contribution in [-0.4, -0.2) is 35.4 Å². The van der Waals surface area contributed by atoms with E-state index in [0.717, 1.165) is 18.8 Å². The van der Waals surface area contributed by atoms with E-state index in [2.05, 4.69) is 31.9 Å². The van der Waals surface area contributed by atoms with Gasteiger partial charge in [0, 0.05) is 19.8 Å². The van der Waals surface area contributed by atoms with E-state index in [1.165, 1.54) is 32.1 Å². The zero-order chi connectivity index (χ0) is 16.9. The van der Waals surface area contributed by atoms with Gasteiger partial charge < -0.3 is 9.47 Å². The van der Waals surface area contributed by atoms with Crippen LogP contribution in [0.4, 0.5) is 0 Å². The van der Waals surface area contributed by atoms with E-state index in [1.807, 2.05) is 18.2 Å². The maximum Gasteiger partial charge on any atom is 0.175 e. The molecule has 0 heterocycles. The van der Waals surface area contributed by atoms with Gasteiger partial charge in [-0.25, -0.2) is 0 Å². The fourth-order valence-corrected chi connectivity index (χ4v) is 4.31. The lowest BCUT2D eigenvalue weighted by atomic mass is 9.85. The van der Waals surface area contributed by atoms with Crippen molar-refractivity contribution in [3.63, 3.8) is 0 Å². The number of Topliss-reactive ketones (excluding diaryl/α,β-unsaturated/α-hetero) is 1. The van der Waals surface area contributed by atoms with Crippen molar-refractivity contribution in [1.29, 1.82) is 0 Å². The maximum atomic E-state index is 12.8. The third-order valence-electron chi connectivity index (χ3n) is 4.85. The first kappa shape index (κ1) is 19.4. The monoisotopic (exact) mass is 448 g/mol. The van der Waals surface area contributed by atoms with E-state index in [0.29, 0.717) is 5.57 Å². The summed E-state index contributed by atoms with van der Waals surface area (Å²) in [5.74, 6) is 0.877. The molecular formula is C18H26Br2O3. The van der Waals surface area contributed by atoms with Gasteiger partial charge in [-0.2, -0.15) is 0 Å². The van der Waals surface area contributed by atoms with Crippen LogP contribution in [0.2, 0.25) is 0 Å². The Balaban J connectivity index is 1.98. The number of halogens is 2. The highest BCUT2D eigenvalue weighted by Crippen LogP contribution is 2.34. The molecule has 0 aromatic carbocycles. The minimum absolute atomic E-state index is 0.0953. The Morgan fingerprint density at radius 1 is 1.35 bits per heavy atom. The topological polar surface area (TPSA) is 35.5 Å². The van der Waals surface area contributed by atoms with Crippen molar-refractivity contribution in [2.24, 2.45) is 5.92 Å². The van der Waals surface area contributed by atoms with Crippen LogP contribution in [0.5, 0.6) is 0 Å². The molecule has 2 rings (SSSR count). The Labute approximate surface area is 156 Å². The summed E-state index contributed by atoms with van der Waals surface area (Å²) in [7, 11) is 3.23. The quantitative estimate of drug-likeness (QED) is 0.408. The molecule has 0 N–H and O–H groups in total. The van der Waals surface area contributed by atoms with Crippen LogP contribution in [0, 0.1) is 5.92 Å². The highest BCUT2D eigenvalue weighted by molar-refractivity contribution is 9.10. The van der Waals surface area contributed by atoms with Crippen molar-refractivity contribution in [3.8, 4) is 0 Å². The van der Waals surface area contributed by atoms with Crippen molar-refractivity contribution in [2.75, 3.05) is 14.2 Å². The highest BCUT2D eigenvalue weighted by Gasteiger charge is 2.33. The summed E-state index contributed by atoms with van der Waals surface area (Å²) in [6, 6.07) is 0. The number of methoxy groups -OCH3 is 2. The summed E-state index contributed by atoms with van der Waals surface area (Å²) in [5, 5.41) is 0. The standard InChI is InChI=1S/C18H26Br2O3/c1-22-16-10-11-18(20,23-2)12-14(16)17(21)15(19)9-8-13-6-4-3-5-7-13/h10-13,15-16H,3-9H2,1-2H3. The molecule has 0 aromatic heterocycles. The van der Waals surface area contributed by atoms with E-state index in [1.54, 1.807) is 14.2 Å². The van der Waals surface area contributed by atoms with Gasteiger partial charge in [0.2, 0.25) is 0 Å². The molecule has 130 valence electrons. The number of hydrogen-bond acceptors (Lipinski definition) is 3. The predicted molar refractivity (Wildman–Crippen MR) is 100 cm³/mol. The molecule has 3 atom stereocenters. The van der Waals surface area contributed by atoms with Gasteiger partial charge in [-0.3, -0.25) is 4.79 Å². The van der Waals surface area contributed by atoms with Gasteiger partial charge in [0.05, 0.1) is 4.83 Å². The summed E-state index contributed by atoms with van der Waals surface area (Å²) >= 11 is 7.10. The summed E-state index contributed by atoms with van der Waals surface area (Å²) in [4.78, 5) is 12.7. The lowest BCUT2D eigenvalue weighted by molar-refractivity contribution is -0.116. The lowest BCUT2D eigenvalue weighted by Gasteiger charge is -2.28. The van der Waals surface area contributed by atoms with Crippen molar-refractivity contribution in [2.45, 2.75) is 60.4 Å². The minimum Gasteiger partial charge on any atom is -0.373 e. The van der Waals surface area contributed by atoms with Gasteiger partial charge in [0.1, 0.15) is 6.10 Å². The van der Waals surface area contributed by atoms with E-state index < -0.39 is 4.51 Å². The van der Waals surface area contributed by atoms with E-state index in [9.17, 15) is 4.79 Å². The van der Waals surface area contributed by atoms with Crippen LogP contribution in [0.3, 0.4) is 0 Å². The smallest absolute Gasteiger partial charge is 0.175 e. The first-order valence-corrected chi connectivity index (χ1v) is 10.1. The highest BCUT2D eigenvalue weighted by atomic mass is 79.9. The molecule has 0 amide bonds. The molecule has 1 fully saturated rings. The van der Waals surface area contributed by atoms with Gasteiger partial charge in [-0.05, 0) is 46.8 Å². The summed E-state index contributed by atoms with van der Waals surface area (Å²) in [5.41, 5.74) is 0.652. The minimum atomic E-state index is -0.719. The Hall–Kier alpha value is 0.0300. The molecule has 0 radical (unpaired) electrons. The largest absolute Gasteiger partial charge is 0.373 e. The molecule has 0 bridgehead atoms. The third-order valence-corrected chi connectivity index (χ3v) is 6.54. The molecule has 2 aliphatic carbocycles. The Morgan fingerprint density at radius 3 is 2.65 bits per heavy atom. The fourth-order valence-electron chi connectivity index (χ4n) is 3.38. The van der Waals surface area contributed by atoms with Gasteiger partial charge in [0.25, 0.3) is 0 Å². The number of ether oxygens (including phenoxy) is 2. The molecule has 1 saturated carbocycles. The van der Waals surface area contributed by atoms with Gasteiger partial charge in [-0.15, -0.1) is 0 Å². The number of rotatable bonds is 7. The summed E-state index contributed by atoms with van der Waals surface area (Å²) in [6.07, 6.45) is 13.9. The number of carbonyl (C=O) groups excluding carboxylic acids is 1. The van der Waals surface area contributed by atoms with Gasteiger partial charge in [0.15, 0.2) is 10.3 Å². The molecule has 3 nitrogen and oxygen atoms in total. The number of ketones is 1. The Bertz CT molecular complexity index is 469. The third kappa shape index (κ3) is 5.25. The SMILES string of the molecule is COC1C=CC(Br)(OC)C=C1C(=O)C(Br)CCC1CCCCC1. The van der Waals surface area contributed by atoms with Crippen LogP contribution in [0.25, 0.3) is 0 Å². The number of carbonyl (C=O) groups is 1. The van der Waals surface area contributed by atoms with Crippen LogP contribution >= 0.6 is 31.9 Å². The molecule has 3 unspecified atom stereocenters. The zero-order valence-corrected chi connectivity index (χ0v) is 17.1. The van der Waals surface area contributed by atoms with Crippen molar-refractivity contribution >= 4 is 37.6 Å². The molecule has 23 heavy (non-hydrogen) atoms. The van der Waals surface area contributed by atoms with E-state index in [4.69, 9.17) is 9.47 Å². The van der Waals surface area contributed by atoms with Crippen molar-refractivity contribution in [3.05, 3.63) is 23.8 Å². The first-order chi connectivity index (χ1) is 11.0. The average molecular weight is 450 g/mol. The van der Waals surface area contributed by atoms with Gasteiger partial charge in [-0.1, -0.05) is 54.1 Å². The summed E-state index contributed by atoms with van der Waals surface area (Å²) in [6.45, 7) is 0. The Morgan fingerprint density at radius 2 is 2.04 bits per heavy atom. The van der Waals surface area contributed by atoms with Crippen LogP contribution in [0.1, 0.15) is 44.9 Å². The van der Waals surface area contributed by atoms with Crippen LogP contribution in [-0.2, 0) is 14.3 Å². The summed E-state index contributed by atoms with van der Waals surface area (Å²) < 4.78 is 10.1. The zero-order valence-electron chi connectivity index (χ0n) is 13.9. The van der Waals surface area contributed by atoms with Crippen molar-refractivity contribution in [1.82, 2.24) is 0 Å². The van der Waals surface area contributed by atoms with Gasteiger partial charge >= 0.3 is 0 Å². The van der Waals surface area contributed by atoms with Crippen LogP contribution < -0.4 is 0 Å². The van der Waals surface area contributed by atoms with E-state index >= 15 is 0 Å². The molecule has 0 aromatic rings. The number of alkyl halides is 2. The second-order valence-electron chi connectivity index (χ2n) is 6.43. The first-order valence-electron chi connectivity index (χ1n) is 8.36. The molecule has 2 aliphatic rings. The Kier molecular flexibility index (Phi) is 7.52. The molecule has 0 saturated heterocycles. The lowest BCUT2D eigenvalue weighted by Crippen LogP contribution is -2.32. The predicted octanol–water partition coefficient (Wildman–Crippen LogP) is 4.93. The molecule has 0 aliphatic heterocycles. The van der Waals surface area contributed by atoms with Crippen LogP contribution in [0.15, 0.2) is 23.8 Å². The second kappa shape index (κ2) is 8.93. The normalized spacial score (nSPS) is 30.1. The van der Waals surface area contributed by atoms with Crippen molar-refractivity contribution < 1.29 is 14.3 Å². The average Bonchev–Trinajstić information content (AvgIpc) is 2.60. The second-order valence-corrected chi connectivity index (χ2v) is 8.77. The number of hydrogen-bond donors (Lipinski definition) is 0. The molecule has 5 heteroatoms.